The minimum absolute atomic E-state index is 0.129. The van der Waals surface area contributed by atoms with Gasteiger partial charge < -0.3 is 14.6 Å². The van der Waals surface area contributed by atoms with Crippen LogP contribution in [0.2, 0.25) is 0 Å². The maximum atomic E-state index is 12.2. The van der Waals surface area contributed by atoms with E-state index in [1.54, 1.807) is 6.26 Å². The molecule has 0 bridgehead atoms. The molecular formula is C24H34O4. The van der Waals surface area contributed by atoms with E-state index in [0.717, 1.165) is 56.9 Å². The molecule has 2 N–H and O–H groups in total. The fourth-order valence-corrected chi connectivity index (χ4v) is 8.30. The lowest BCUT2D eigenvalue weighted by Gasteiger charge is -2.63. The van der Waals surface area contributed by atoms with Gasteiger partial charge >= 0.3 is 5.63 Å². The number of rotatable bonds is 1. The van der Waals surface area contributed by atoms with Gasteiger partial charge in [0.05, 0.1) is 18.0 Å². The third-order valence-electron chi connectivity index (χ3n) is 9.95. The Labute approximate surface area is 167 Å². The van der Waals surface area contributed by atoms with Crippen molar-refractivity contribution in [3.05, 3.63) is 34.4 Å². The maximum Gasteiger partial charge on any atom is 0.335 e. The van der Waals surface area contributed by atoms with E-state index in [0.29, 0.717) is 17.8 Å². The molecule has 5 rings (SSSR count). The summed E-state index contributed by atoms with van der Waals surface area (Å²) in [5.41, 5.74) is 0.219. The Morgan fingerprint density at radius 3 is 2.57 bits per heavy atom. The fraction of sp³-hybridized carbons (Fsp3) is 0.792. The van der Waals surface area contributed by atoms with Gasteiger partial charge in [-0.15, -0.1) is 0 Å². The molecule has 0 aromatic carbocycles. The Morgan fingerprint density at radius 1 is 1.00 bits per heavy atom. The average Bonchev–Trinajstić information content (AvgIpc) is 2.95. The molecule has 0 spiro atoms. The Kier molecular flexibility index (Phi) is 4.17. The lowest BCUT2D eigenvalue weighted by molar-refractivity contribution is -0.205. The molecule has 0 aliphatic heterocycles. The Bertz CT molecular complexity index is 797. The molecule has 4 aliphatic rings. The first-order valence-electron chi connectivity index (χ1n) is 11.3. The van der Waals surface area contributed by atoms with Crippen molar-refractivity contribution in [1.29, 1.82) is 0 Å². The predicted octanol–water partition coefficient (Wildman–Crippen LogP) is 4.24. The van der Waals surface area contributed by atoms with Gasteiger partial charge in [0.1, 0.15) is 0 Å². The summed E-state index contributed by atoms with van der Waals surface area (Å²) in [7, 11) is 0. The minimum atomic E-state index is -0.638. The van der Waals surface area contributed by atoms with E-state index in [1.807, 2.05) is 6.07 Å². The van der Waals surface area contributed by atoms with Crippen LogP contribution in [0.15, 0.2) is 27.6 Å². The van der Waals surface area contributed by atoms with Gasteiger partial charge in [0.15, 0.2) is 0 Å². The minimum Gasteiger partial charge on any atom is -0.431 e. The van der Waals surface area contributed by atoms with E-state index in [-0.39, 0.29) is 28.5 Å². The molecule has 1 heterocycles. The average molecular weight is 387 g/mol. The van der Waals surface area contributed by atoms with E-state index in [1.165, 1.54) is 12.5 Å². The molecular weight excluding hydrogens is 352 g/mol. The highest BCUT2D eigenvalue weighted by Crippen LogP contribution is 2.70. The third kappa shape index (κ3) is 2.40. The summed E-state index contributed by atoms with van der Waals surface area (Å²) in [6, 6.07) is 3.42. The van der Waals surface area contributed by atoms with Crippen LogP contribution in [0.1, 0.15) is 83.1 Å². The molecule has 8 atom stereocenters. The molecule has 0 saturated heterocycles. The van der Waals surface area contributed by atoms with Crippen molar-refractivity contribution >= 4 is 0 Å². The first-order chi connectivity index (χ1) is 13.3. The molecule has 1 aromatic heterocycles. The normalized spacial score (nSPS) is 50.5. The molecule has 28 heavy (non-hydrogen) atoms. The van der Waals surface area contributed by atoms with E-state index in [4.69, 9.17) is 4.42 Å². The summed E-state index contributed by atoms with van der Waals surface area (Å²) < 4.78 is 5.17. The highest BCUT2D eigenvalue weighted by molar-refractivity contribution is 5.27. The summed E-state index contributed by atoms with van der Waals surface area (Å²) in [6.45, 7) is 4.73. The topological polar surface area (TPSA) is 70.7 Å². The van der Waals surface area contributed by atoms with Crippen LogP contribution in [-0.2, 0) is 0 Å². The molecule has 3 unspecified atom stereocenters. The Hall–Kier alpha value is -1.13. The molecule has 1 aromatic rings. The summed E-state index contributed by atoms with van der Waals surface area (Å²) in [4.78, 5) is 11.4. The van der Waals surface area contributed by atoms with E-state index < -0.39 is 5.60 Å². The Balaban J connectivity index is 1.48. The third-order valence-corrected chi connectivity index (χ3v) is 9.95. The second-order valence-electron chi connectivity index (χ2n) is 10.8. The highest BCUT2D eigenvalue weighted by Gasteiger charge is 2.67. The van der Waals surface area contributed by atoms with Crippen LogP contribution in [0.5, 0.6) is 0 Å². The highest BCUT2D eigenvalue weighted by atomic mass is 16.4. The SMILES string of the molecule is C[C@]12CCC(O)CC1CC[C@@H]1[C@@H]2CC[C@]2(C)[C@@H](c3ccc(=O)oc3)CCC12O. The molecule has 0 radical (unpaired) electrons. The fourth-order valence-electron chi connectivity index (χ4n) is 8.30. The van der Waals surface area contributed by atoms with Gasteiger partial charge in [-0.25, -0.2) is 4.79 Å². The second-order valence-corrected chi connectivity index (χ2v) is 10.8. The van der Waals surface area contributed by atoms with Crippen LogP contribution in [0.4, 0.5) is 0 Å². The number of hydrogen-bond donors (Lipinski definition) is 2. The quantitative estimate of drug-likeness (QED) is 0.757. The van der Waals surface area contributed by atoms with Gasteiger partial charge in [0.2, 0.25) is 0 Å². The Morgan fingerprint density at radius 2 is 1.82 bits per heavy atom. The summed E-state index contributed by atoms with van der Waals surface area (Å²) in [5.74, 6) is 1.76. The number of fused-ring (bicyclic) bond motifs is 5. The number of aliphatic hydroxyl groups excluding tert-OH is 1. The van der Waals surface area contributed by atoms with Crippen molar-refractivity contribution in [2.24, 2.45) is 28.6 Å². The van der Waals surface area contributed by atoms with Gasteiger partial charge in [0, 0.05) is 11.5 Å². The van der Waals surface area contributed by atoms with Crippen LogP contribution >= 0.6 is 0 Å². The predicted molar refractivity (Wildman–Crippen MR) is 107 cm³/mol. The molecule has 4 nitrogen and oxygen atoms in total. The summed E-state index contributed by atoms with van der Waals surface area (Å²) in [5, 5.41) is 22.4. The van der Waals surface area contributed by atoms with Crippen molar-refractivity contribution < 1.29 is 14.6 Å². The number of hydrogen-bond acceptors (Lipinski definition) is 4. The molecule has 154 valence electrons. The van der Waals surface area contributed by atoms with Crippen molar-refractivity contribution in [1.82, 2.24) is 0 Å². The van der Waals surface area contributed by atoms with Gasteiger partial charge in [0.25, 0.3) is 0 Å². The van der Waals surface area contributed by atoms with E-state index in [9.17, 15) is 15.0 Å². The van der Waals surface area contributed by atoms with Crippen molar-refractivity contribution in [3.63, 3.8) is 0 Å². The van der Waals surface area contributed by atoms with Crippen LogP contribution in [0.3, 0.4) is 0 Å². The first kappa shape index (κ1) is 18.9. The van der Waals surface area contributed by atoms with Crippen molar-refractivity contribution in [2.75, 3.05) is 0 Å². The van der Waals surface area contributed by atoms with Crippen molar-refractivity contribution in [2.45, 2.75) is 89.3 Å². The zero-order valence-corrected chi connectivity index (χ0v) is 17.2. The van der Waals surface area contributed by atoms with Crippen LogP contribution in [0, 0.1) is 28.6 Å². The summed E-state index contributed by atoms with van der Waals surface area (Å²) in [6.07, 6.45) is 10.7. The number of aliphatic hydroxyl groups is 2. The smallest absolute Gasteiger partial charge is 0.335 e. The van der Waals surface area contributed by atoms with Gasteiger partial charge in [-0.3, -0.25) is 0 Å². The first-order valence-corrected chi connectivity index (χ1v) is 11.3. The van der Waals surface area contributed by atoms with Crippen LogP contribution in [-0.4, -0.2) is 21.9 Å². The van der Waals surface area contributed by atoms with E-state index >= 15 is 0 Å². The second kappa shape index (κ2) is 6.18. The molecule has 4 fully saturated rings. The largest absolute Gasteiger partial charge is 0.431 e. The van der Waals surface area contributed by atoms with Crippen molar-refractivity contribution in [3.8, 4) is 0 Å². The zero-order valence-electron chi connectivity index (χ0n) is 17.2. The molecule has 0 amide bonds. The monoisotopic (exact) mass is 386 g/mol. The van der Waals surface area contributed by atoms with Gasteiger partial charge in [-0.2, -0.15) is 0 Å². The summed E-state index contributed by atoms with van der Waals surface area (Å²) >= 11 is 0. The van der Waals surface area contributed by atoms with Crippen LogP contribution in [0.25, 0.3) is 0 Å². The molecule has 4 aliphatic carbocycles. The lowest BCUT2D eigenvalue weighted by Crippen LogP contribution is -2.62. The zero-order chi connectivity index (χ0) is 19.7. The molecule has 4 heteroatoms. The lowest BCUT2D eigenvalue weighted by atomic mass is 9.43. The maximum absolute atomic E-state index is 12.2. The van der Waals surface area contributed by atoms with Gasteiger partial charge in [-0.05, 0) is 98.5 Å². The van der Waals surface area contributed by atoms with Gasteiger partial charge in [-0.1, -0.05) is 13.8 Å². The standard InChI is InChI=1S/C24H34O4/c1-22-10-7-17(25)13-16(22)4-5-20-19(22)8-11-23(2)18(9-12-24(20,23)27)15-3-6-21(26)28-14-15/h3,6,14,16-20,25,27H,4-5,7-13H2,1-2H3/t16?,17?,18-,19+,20-,22+,23-,24?/m1/s1. The van der Waals surface area contributed by atoms with Crippen LogP contribution < -0.4 is 5.63 Å². The van der Waals surface area contributed by atoms with E-state index in [2.05, 4.69) is 13.8 Å². The molecule has 4 saturated carbocycles.